The van der Waals surface area contributed by atoms with E-state index in [1.165, 1.54) is 37.1 Å². The van der Waals surface area contributed by atoms with Gasteiger partial charge in [0, 0.05) is 40.7 Å². The highest BCUT2D eigenvalue weighted by molar-refractivity contribution is 7.80. The van der Waals surface area contributed by atoms with Crippen molar-refractivity contribution in [3.8, 4) is 0 Å². The largest absolute Gasteiger partial charge is 0.358 e. The summed E-state index contributed by atoms with van der Waals surface area (Å²) >= 11 is 17.3. The van der Waals surface area contributed by atoms with Crippen LogP contribution in [0.1, 0.15) is 24.0 Å². The predicted octanol–water partition coefficient (Wildman–Crippen LogP) is 3.66. The van der Waals surface area contributed by atoms with Crippen molar-refractivity contribution in [1.82, 2.24) is 5.32 Å². The first-order chi connectivity index (χ1) is 12.1. The molecule has 0 atom stereocenters. The number of thiocarbonyl (C=S) groups is 1. The van der Waals surface area contributed by atoms with E-state index < -0.39 is 0 Å². The van der Waals surface area contributed by atoms with Gasteiger partial charge in [-0.25, -0.2) is 0 Å². The number of likely N-dealkylation sites (tertiary alicyclic amines) is 1. The number of hydrogen-bond acceptors (Lipinski definition) is 1. The van der Waals surface area contributed by atoms with Crippen LogP contribution in [0.3, 0.4) is 0 Å². The summed E-state index contributed by atoms with van der Waals surface area (Å²) in [5.41, 5.74) is 3.38. The Bertz CT molecular complexity index is 708. The van der Waals surface area contributed by atoms with Gasteiger partial charge in [0.25, 0.3) is 0 Å². The molecule has 0 radical (unpaired) electrons. The third kappa shape index (κ3) is 5.86. The van der Waals surface area contributed by atoms with E-state index in [0.29, 0.717) is 21.7 Å². The van der Waals surface area contributed by atoms with E-state index in [0.717, 1.165) is 12.2 Å². The summed E-state index contributed by atoms with van der Waals surface area (Å²) in [6.45, 7) is 4.41. The maximum Gasteiger partial charge on any atom is 0.171 e. The minimum absolute atomic E-state index is 0.545. The summed E-state index contributed by atoms with van der Waals surface area (Å²) < 4.78 is 0. The Morgan fingerprint density at radius 2 is 1.56 bits per heavy atom. The van der Waals surface area contributed by atoms with Crippen LogP contribution >= 0.6 is 35.4 Å². The van der Waals surface area contributed by atoms with Gasteiger partial charge in [0.2, 0.25) is 0 Å². The van der Waals surface area contributed by atoms with Crippen molar-refractivity contribution in [3.05, 3.63) is 63.6 Å². The molecule has 0 amide bonds. The number of anilines is 1. The minimum Gasteiger partial charge on any atom is -0.358 e. The van der Waals surface area contributed by atoms with Crippen molar-refractivity contribution in [2.75, 3.05) is 18.4 Å². The highest BCUT2D eigenvalue weighted by Crippen LogP contribution is 2.22. The van der Waals surface area contributed by atoms with E-state index in [1.807, 2.05) is 0 Å². The second kappa shape index (κ2) is 8.86. The summed E-state index contributed by atoms with van der Waals surface area (Å²) in [5.74, 6) is 0. The van der Waals surface area contributed by atoms with Crippen LogP contribution in [0.5, 0.6) is 0 Å². The van der Waals surface area contributed by atoms with E-state index in [4.69, 9.17) is 35.4 Å². The van der Waals surface area contributed by atoms with Gasteiger partial charge < -0.3 is 15.5 Å². The Balaban J connectivity index is 1.48. The molecular weight excluding hydrogens is 373 g/mol. The number of nitrogens with one attached hydrogen (secondary N) is 3. The first-order valence-corrected chi connectivity index (χ1v) is 9.67. The molecule has 0 aromatic heterocycles. The molecule has 0 saturated carbocycles. The van der Waals surface area contributed by atoms with E-state index in [1.54, 1.807) is 23.1 Å². The zero-order valence-electron chi connectivity index (χ0n) is 13.9. The van der Waals surface area contributed by atoms with Crippen molar-refractivity contribution in [2.24, 2.45) is 0 Å². The molecule has 3 N–H and O–H groups in total. The number of rotatable bonds is 5. The van der Waals surface area contributed by atoms with Crippen LogP contribution in [0.4, 0.5) is 5.69 Å². The number of halogens is 2. The lowest BCUT2D eigenvalue weighted by atomic mass is 10.1. The smallest absolute Gasteiger partial charge is 0.171 e. The average molecular weight is 395 g/mol. The molecule has 2 aromatic rings. The second-order valence-electron chi connectivity index (χ2n) is 6.42. The fourth-order valence-corrected chi connectivity index (χ4v) is 3.82. The van der Waals surface area contributed by atoms with E-state index in [9.17, 15) is 0 Å². The summed E-state index contributed by atoms with van der Waals surface area (Å²) in [5, 5.41) is 8.01. The zero-order chi connectivity index (χ0) is 17.6. The third-order valence-corrected chi connectivity index (χ3v) is 5.04. The van der Waals surface area contributed by atoms with Crippen LogP contribution in [0.15, 0.2) is 42.5 Å². The van der Waals surface area contributed by atoms with Gasteiger partial charge in [0.1, 0.15) is 6.54 Å². The zero-order valence-corrected chi connectivity index (χ0v) is 16.3. The molecule has 1 fully saturated rings. The monoisotopic (exact) mass is 394 g/mol. The summed E-state index contributed by atoms with van der Waals surface area (Å²) in [4.78, 5) is 1.69. The fraction of sp³-hybridized carbons (Fsp3) is 0.316. The molecule has 2 aromatic carbocycles. The first-order valence-electron chi connectivity index (χ1n) is 8.51. The third-order valence-electron chi connectivity index (χ3n) is 4.36. The molecule has 1 saturated heterocycles. The number of benzene rings is 2. The normalized spacial score (nSPS) is 14.5. The van der Waals surface area contributed by atoms with Gasteiger partial charge in [0.05, 0.1) is 13.1 Å². The Labute approximate surface area is 164 Å². The Morgan fingerprint density at radius 3 is 2.20 bits per heavy atom. The molecule has 132 valence electrons. The van der Waals surface area contributed by atoms with Crippen LogP contribution in [-0.2, 0) is 13.1 Å². The summed E-state index contributed by atoms with van der Waals surface area (Å²) in [6.07, 6.45) is 2.72. The lowest BCUT2D eigenvalue weighted by Crippen LogP contribution is -3.08. The molecule has 0 unspecified atom stereocenters. The van der Waals surface area contributed by atoms with Crippen molar-refractivity contribution >= 4 is 46.2 Å². The van der Waals surface area contributed by atoms with Crippen molar-refractivity contribution < 1.29 is 4.90 Å². The highest BCUT2D eigenvalue weighted by Gasteiger charge is 2.15. The molecule has 0 spiro atoms. The molecule has 3 nitrogen and oxygen atoms in total. The highest BCUT2D eigenvalue weighted by atomic mass is 35.5. The molecule has 1 aliphatic rings. The first kappa shape index (κ1) is 18.5. The fourth-order valence-electron chi connectivity index (χ4n) is 3.10. The lowest BCUT2D eigenvalue weighted by molar-refractivity contribution is -0.901. The maximum absolute atomic E-state index is 5.99. The average Bonchev–Trinajstić information content (AvgIpc) is 3.06. The molecule has 3 rings (SSSR count). The van der Waals surface area contributed by atoms with Crippen molar-refractivity contribution in [2.45, 2.75) is 25.9 Å². The standard InChI is InChI=1S/C19H21Cl2N3S/c20-16-9-17(21)11-18(10-16)23-19(25)22-12-14-3-5-15(6-4-14)13-24-7-1-2-8-24/h3-6,9-11H,1-2,7-8,12-13H2,(H2,22,23,25)/p+1. The second-order valence-corrected chi connectivity index (χ2v) is 7.70. The number of hydrogen-bond donors (Lipinski definition) is 3. The Hall–Kier alpha value is -1.33. The van der Waals surface area contributed by atoms with Gasteiger partial charge in [-0.15, -0.1) is 0 Å². The van der Waals surface area contributed by atoms with Crippen LogP contribution in [0, 0.1) is 0 Å². The topological polar surface area (TPSA) is 28.5 Å². The minimum atomic E-state index is 0.545. The van der Waals surface area contributed by atoms with E-state index in [2.05, 4.69) is 34.9 Å². The predicted molar refractivity (Wildman–Crippen MR) is 110 cm³/mol. The molecule has 1 heterocycles. The molecule has 6 heteroatoms. The van der Waals surface area contributed by atoms with Gasteiger partial charge >= 0.3 is 0 Å². The molecular formula is C19H22Cl2N3S+. The maximum atomic E-state index is 5.99. The van der Waals surface area contributed by atoms with Crippen molar-refractivity contribution in [1.29, 1.82) is 0 Å². The van der Waals surface area contributed by atoms with Crippen molar-refractivity contribution in [3.63, 3.8) is 0 Å². The Kier molecular flexibility index (Phi) is 6.54. The quantitative estimate of drug-likeness (QED) is 0.675. The summed E-state index contributed by atoms with van der Waals surface area (Å²) in [6, 6.07) is 14.0. The van der Waals surface area contributed by atoms with Gasteiger partial charge in [-0.2, -0.15) is 0 Å². The SMILES string of the molecule is S=C(NCc1ccc(C[NH+]2CCCC2)cc1)Nc1cc(Cl)cc(Cl)c1. The van der Waals surface area contributed by atoms with Crippen LogP contribution in [-0.4, -0.2) is 18.2 Å². The van der Waals surface area contributed by atoms with Crippen LogP contribution < -0.4 is 15.5 Å². The lowest BCUT2D eigenvalue weighted by Gasteiger charge is -2.13. The number of quaternary nitrogens is 1. The van der Waals surface area contributed by atoms with E-state index >= 15 is 0 Å². The summed E-state index contributed by atoms with van der Waals surface area (Å²) in [7, 11) is 0. The van der Waals surface area contributed by atoms with Gasteiger partial charge in [0.15, 0.2) is 5.11 Å². The van der Waals surface area contributed by atoms with Crippen LogP contribution in [0.2, 0.25) is 10.0 Å². The van der Waals surface area contributed by atoms with Gasteiger partial charge in [-0.05, 0) is 36.0 Å². The molecule has 0 aliphatic carbocycles. The molecule has 1 aliphatic heterocycles. The molecule has 25 heavy (non-hydrogen) atoms. The van der Waals surface area contributed by atoms with Crippen LogP contribution in [0.25, 0.3) is 0 Å². The van der Waals surface area contributed by atoms with Gasteiger partial charge in [-0.3, -0.25) is 0 Å². The Morgan fingerprint density at radius 1 is 0.960 bits per heavy atom. The molecule has 0 bridgehead atoms. The van der Waals surface area contributed by atoms with Gasteiger partial charge in [-0.1, -0.05) is 47.5 Å². The van der Waals surface area contributed by atoms with E-state index in [-0.39, 0.29) is 0 Å².